The van der Waals surface area contributed by atoms with Gasteiger partial charge in [-0.15, -0.1) is 0 Å². The third-order valence-electron chi connectivity index (χ3n) is 3.88. The Morgan fingerprint density at radius 2 is 1.79 bits per heavy atom. The molecule has 0 amide bonds. The van der Waals surface area contributed by atoms with Crippen LogP contribution in [0.1, 0.15) is 39.4 Å². The Morgan fingerprint density at radius 3 is 2.38 bits per heavy atom. The molecule has 3 rings (SSSR count). The number of hydrogen-bond acceptors (Lipinski definition) is 6. The number of hydrogen-bond donors (Lipinski definition) is 1. The van der Waals surface area contributed by atoms with Crippen LogP contribution in [0.4, 0.5) is 5.69 Å². The van der Waals surface area contributed by atoms with Crippen LogP contribution in [0.5, 0.6) is 11.5 Å². The minimum absolute atomic E-state index is 0.00368. The highest BCUT2D eigenvalue weighted by Crippen LogP contribution is 2.41. The molecule has 1 N–H and O–H groups in total. The summed E-state index contributed by atoms with van der Waals surface area (Å²) in [7, 11) is 2.99. The Morgan fingerprint density at radius 1 is 1.08 bits per heavy atom. The highest BCUT2D eigenvalue weighted by Gasteiger charge is 2.35. The standard InChI is InChI=1S/C18H17NO5/c1-10(20)11-4-6-12(7-5-11)19-17-13-8-9-14(22-2)16(23-3)15(13)18(21)24-17/h4-9,17,19H,1-3H3/t17-/m1/s1. The van der Waals surface area contributed by atoms with Crippen molar-refractivity contribution in [1.82, 2.24) is 0 Å². The van der Waals surface area contributed by atoms with E-state index in [-0.39, 0.29) is 5.78 Å². The van der Waals surface area contributed by atoms with Gasteiger partial charge in [0.05, 0.1) is 14.2 Å². The van der Waals surface area contributed by atoms with Crippen molar-refractivity contribution < 1.29 is 23.8 Å². The molecule has 0 saturated heterocycles. The van der Waals surface area contributed by atoms with E-state index in [1.807, 2.05) is 0 Å². The van der Waals surface area contributed by atoms with Gasteiger partial charge in [-0.1, -0.05) is 0 Å². The number of benzene rings is 2. The summed E-state index contributed by atoms with van der Waals surface area (Å²) in [6.45, 7) is 1.51. The van der Waals surface area contributed by atoms with E-state index in [1.54, 1.807) is 36.4 Å². The van der Waals surface area contributed by atoms with Crippen LogP contribution < -0.4 is 14.8 Å². The fourth-order valence-electron chi connectivity index (χ4n) is 2.66. The molecular formula is C18H17NO5. The van der Waals surface area contributed by atoms with E-state index in [9.17, 15) is 9.59 Å². The van der Waals surface area contributed by atoms with E-state index in [1.165, 1.54) is 21.1 Å². The van der Waals surface area contributed by atoms with Crippen LogP contribution in [0, 0.1) is 0 Å². The average Bonchev–Trinajstić information content (AvgIpc) is 2.90. The van der Waals surface area contributed by atoms with Gasteiger partial charge < -0.3 is 19.5 Å². The Labute approximate surface area is 139 Å². The van der Waals surface area contributed by atoms with Gasteiger partial charge in [-0.05, 0) is 43.3 Å². The second-order valence-corrected chi connectivity index (χ2v) is 5.33. The van der Waals surface area contributed by atoms with Crippen LogP contribution in [-0.4, -0.2) is 26.0 Å². The van der Waals surface area contributed by atoms with Crippen molar-refractivity contribution in [3.63, 3.8) is 0 Å². The second kappa shape index (κ2) is 6.23. The van der Waals surface area contributed by atoms with Gasteiger partial charge in [-0.2, -0.15) is 0 Å². The number of methoxy groups -OCH3 is 2. The number of fused-ring (bicyclic) bond motifs is 1. The molecule has 2 aromatic rings. The lowest BCUT2D eigenvalue weighted by atomic mass is 10.1. The van der Waals surface area contributed by atoms with Crippen molar-refractivity contribution in [2.45, 2.75) is 13.2 Å². The number of ketones is 1. The smallest absolute Gasteiger partial charge is 0.344 e. The summed E-state index contributed by atoms with van der Waals surface area (Å²) in [5.41, 5.74) is 2.39. The molecule has 0 saturated carbocycles. The lowest BCUT2D eigenvalue weighted by Gasteiger charge is -2.15. The molecule has 124 valence electrons. The largest absolute Gasteiger partial charge is 0.493 e. The zero-order valence-corrected chi connectivity index (χ0v) is 13.6. The molecule has 1 heterocycles. The van der Waals surface area contributed by atoms with Crippen molar-refractivity contribution in [1.29, 1.82) is 0 Å². The first-order valence-corrected chi connectivity index (χ1v) is 7.38. The van der Waals surface area contributed by atoms with E-state index < -0.39 is 12.2 Å². The topological polar surface area (TPSA) is 73.9 Å². The van der Waals surface area contributed by atoms with Crippen molar-refractivity contribution in [3.05, 3.63) is 53.1 Å². The van der Waals surface area contributed by atoms with Gasteiger partial charge in [-0.3, -0.25) is 4.79 Å². The number of Topliss-reactive ketones (excluding diaryl/α,β-unsaturated/α-hetero) is 1. The van der Waals surface area contributed by atoms with Crippen molar-refractivity contribution in [2.75, 3.05) is 19.5 Å². The van der Waals surface area contributed by atoms with Gasteiger partial charge in [0.2, 0.25) is 6.23 Å². The predicted molar refractivity (Wildman–Crippen MR) is 87.8 cm³/mol. The van der Waals surface area contributed by atoms with E-state index in [0.717, 1.165) is 5.69 Å². The Balaban J connectivity index is 1.91. The van der Waals surface area contributed by atoms with Crippen LogP contribution in [-0.2, 0) is 4.74 Å². The normalized spacial score (nSPS) is 15.5. The van der Waals surface area contributed by atoms with Gasteiger partial charge in [-0.25, -0.2) is 4.79 Å². The molecule has 6 nitrogen and oxygen atoms in total. The highest BCUT2D eigenvalue weighted by molar-refractivity contribution is 5.98. The predicted octanol–water partition coefficient (Wildman–Crippen LogP) is 3.19. The molecule has 24 heavy (non-hydrogen) atoms. The second-order valence-electron chi connectivity index (χ2n) is 5.33. The number of ether oxygens (including phenoxy) is 3. The number of anilines is 1. The summed E-state index contributed by atoms with van der Waals surface area (Å²) in [6.07, 6.45) is -0.629. The SMILES string of the molecule is COc1ccc2c(c1OC)C(=O)O[C@H]2Nc1ccc(C(C)=O)cc1. The first-order valence-electron chi connectivity index (χ1n) is 7.38. The van der Waals surface area contributed by atoms with E-state index >= 15 is 0 Å². The number of carbonyl (C=O) groups excluding carboxylic acids is 2. The first-order chi connectivity index (χ1) is 11.5. The Kier molecular flexibility index (Phi) is 4.12. The van der Waals surface area contributed by atoms with Crippen LogP contribution in [0.2, 0.25) is 0 Å². The van der Waals surface area contributed by atoms with Crippen LogP contribution in [0.15, 0.2) is 36.4 Å². The van der Waals surface area contributed by atoms with Crippen LogP contribution >= 0.6 is 0 Å². The summed E-state index contributed by atoms with van der Waals surface area (Å²) in [6, 6.07) is 10.5. The third kappa shape index (κ3) is 2.67. The fourth-order valence-corrected chi connectivity index (χ4v) is 2.66. The number of cyclic esters (lactones) is 1. The molecule has 0 radical (unpaired) electrons. The van der Waals surface area contributed by atoms with Gasteiger partial charge in [0, 0.05) is 16.8 Å². The number of rotatable bonds is 5. The zero-order chi connectivity index (χ0) is 17.3. The van der Waals surface area contributed by atoms with Gasteiger partial charge in [0.1, 0.15) is 5.56 Å². The number of carbonyl (C=O) groups is 2. The van der Waals surface area contributed by atoms with E-state index in [4.69, 9.17) is 14.2 Å². The molecule has 1 atom stereocenters. The molecule has 1 aliphatic rings. The highest BCUT2D eigenvalue weighted by atomic mass is 16.6. The molecule has 0 spiro atoms. The maximum atomic E-state index is 12.2. The summed E-state index contributed by atoms with van der Waals surface area (Å²) in [4.78, 5) is 23.5. The minimum atomic E-state index is -0.629. The Bertz CT molecular complexity index is 798. The lowest BCUT2D eigenvalue weighted by Crippen LogP contribution is -2.10. The summed E-state index contributed by atoms with van der Waals surface area (Å²) >= 11 is 0. The quantitative estimate of drug-likeness (QED) is 0.671. The monoisotopic (exact) mass is 327 g/mol. The summed E-state index contributed by atoms with van der Waals surface area (Å²) in [5.74, 6) is 0.352. The summed E-state index contributed by atoms with van der Waals surface area (Å²) in [5, 5.41) is 3.13. The number of esters is 1. The molecule has 0 aliphatic carbocycles. The molecule has 0 fully saturated rings. The fraction of sp³-hybridized carbons (Fsp3) is 0.222. The maximum absolute atomic E-state index is 12.2. The molecular weight excluding hydrogens is 310 g/mol. The Hall–Kier alpha value is -3.02. The molecule has 0 bridgehead atoms. The van der Waals surface area contributed by atoms with E-state index in [0.29, 0.717) is 28.2 Å². The van der Waals surface area contributed by atoms with Crippen molar-refractivity contribution in [3.8, 4) is 11.5 Å². The van der Waals surface area contributed by atoms with Crippen molar-refractivity contribution in [2.24, 2.45) is 0 Å². The molecule has 6 heteroatoms. The zero-order valence-electron chi connectivity index (χ0n) is 13.6. The number of nitrogens with one attached hydrogen (secondary N) is 1. The van der Waals surface area contributed by atoms with Gasteiger partial charge >= 0.3 is 5.97 Å². The van der Waals surface area contributed by atoms with Crippen LogP contribution in [0.3, 0.4) is 0 Å². The molecule has 0 aromatic heterocycles. The van der Waals surface area contributed by atoms with Gasteiger partial charge in [0.25, 0.3) is 0 Å². The lowest BCUT2D eigenvalue weighted by molar-refractivity contribution is 0.0435. The third-order valence-corrected chi connectivity index (χ3v) is 3.88. The molecule has 2 aromatic carbocycles. The average molecular weight is 327 g/mol. The first kappa shape index (κ1) is 15.9. The molecule has 1 aliphatic heterocycles. The summed E-state index contributed by atoms with van der Waals surface area (Å²) < 4.78 is 15.9. The molecule has 0 unspecified atom stereocenters. The van der Waals surface area contributed by atoms with Crippen LogP contribution in [0.25, 0.3) is 0 Å². The van der Waals surface area contributed by atoms with Crippen molar-refractivity contribution >= 4 is 17.4 Å². The minimum Gasteiger partial charge on any atom is -0.493 e. The van der Waals surface area contributed by atoms with Gasteiger partial charge in [0.15, 0.2) is 17.3 Å². The van der Waals surface area contributed by atoms with E-state index in [2.05, 4.69) is 5.32 Å². The maximum Gasteiger partial charge on any atom is 0.344 e.